The van der Waals surface area contributed by atoms with Gasteiger partial charge in [-0.1, -0.05) is 0 Å². The maximum absolute atomic E-state index is 9.79. The molecule has 1 atom stereocenters. The van der Waals surface area contributed by atoms with Crippen molar-refractivity contribution in [3.8, 4) is 0 Å². The zero-order valence-corrected chi connectivity index (χ0v) is 5.30. The van der Waals surface area contributed by atoms with E-state index in [2.05, 4.69) is 5.32 Å². The average molecular weight is 129 g/mol. The fraction of sp³-hybridized carbons (Fsp3) is 0.833. The molecule has 0 unspecified atom stereocenters. The first-order chi connectivity index (χ1) is 4.43. The summed E-state index contributed by atoms with van der Waals surface area (Å²) >= 11 is 0. The third-order valence-corrected chi connectivity index (χ3v) is 1.45. The van der Waals surface area contributed by atoms with Crippen molar-refractivity contribution in [1.29, 1.82) is 0 Å². The molecule has 3 heteroatoms. The van der Waals surface area contributed by atoms with Crippen LogP contribution in [-0.2, 0) is 9.53 Å². The van der Waals surface area contributed by atoms with Gasteiger partial charge in [0, 0.05) is 13.2 Å². The molecule has 0 saturated carbocycles. The lowest BCUT2D eigenvalue weighted by molar-refractivity contribution is -0.110. The van der Waals surface area contributed by atoms with E-state index < -0.39 is 0 Å². The van der Waals surface area contributed by atoms with Gasteiger partial charge in [-0.15, -0.1) is 0 Å². The fourth-order valence-corrected chi connectivity index (χ4v) is 0.985. The van der Waals surface area contributed by atoms with E-state index in [1.54, 1.807) is 0 Å². The van der Waals surface area contributed by atoms with E-state index in [4.69, 9.17) is 4.74 Å². The van der Waals surface area contributed by atoms with Gasteiger partial charge >= 0.3 is 0 Å². The second-order valence-electron chi connectivity index (χ2n) is 2.16. The second-order valence-corrected chi connectivity index (χ2v) is 2.16. The molecule has 0 radical (unpaired) electrons. The summed E-state index contributed by atoms with van der Waals surface area (Å²) in [5.41, 5.74) is 0. The predicted octanol–water partition coefficient (Wildman–Crippen LogP) is -0.0886. The lowest BCUT2D eigenvalue weighted by Gasteiger charge is -2.05. The molecule has 1 amide bonds. The molecule has 1 aliphatic rings. The molecule has 1 saturated heterocycles. The fourth-order valence-electron chi connectivity index (χ4n) is 0.985. The Morgan fingerprint density at radius 3 is 3.22 bits per heavy atom. The summed E-state index contributed by atoms with van der Waals surface area (Å²) in [7, 11) is 0. The standard InChI is InChI=1S/C6H11NO2/c8-5-7-4-6-2-1-3-9-6/h5-6H,1-4H2,(H,7,8)/t6-/m1/s1. The number of carbonyl (C=O) groups excluding carboxylic acids is 1. The summed E-state index contributed by atoms with van der Waals surface area (Å²) < 4.78 is 5.23. The van der Waals surface area contributed by atoms with Gasteiger partial charge in [0.15, 0.2) is 0 Å². The van der Waals surface area contributed by atoms with E-state index in [1.165, 1.54) is 0 Å². The van der Waals surface area contributed by atoms with Crippen LogP contribution in [0.3, 0.4) is 0 Å². The Morgan fingerprint density at radius 1 is 1.78 bits per heavy atom. The minimum atomic E-state index is 0.273. The van der Waals surface area contributed by atoms with Crippen molar-refractivity contribution < 1.29 is 9.53 Å². The van der Waals surface area contributed by atoms with Gasteiger partial charge in [0.05, 0.1) is 6.10 Å². The molecule has 0 bridgehead atoms. The third kappa shape index (κ3) is 2.01. The summed E-state index contributed by atoms with van der Waals surface area (Å²) in [6, 6.07) is 0. The van der Waals surface area contributed by atoms with Crippen LogP contribution in [-0.4, -0.2) is 25.7 Å². The summed E-state index contributed by atoms with van der Waals surface area (Å²) in [5.74, 6) is 0. The molecule has 0 aliphatic carbocycles. The van der Waals surface area contributed by atoms with Gasteiger partial charge in [0.2, 0.25) is 6.41 Å². The van der Waals surface area contributed by atoms with Crippen LogP contribution in [0.2, 0.25) is 0 Å². The van der Waals surface area contributed by atoms with E-state index in [0.29, 0.717) is 13.0 Å². The second kappa shape index (κ2) is 3.45. The van der Waals surface area contributed by atoms with Gasteiger partial charge in [-0.25, -0.2) is 0 Å². The summed E-state index contributed by atoms with van der Waals surface area (Å²) in [6.07, 6.45) is 3.20. The van der Waals surface area contributed by atoms with Crippen molar-refractivity contribution in [2.75, 3.05) is 13.2 Å². The summed E-state index contributed by atoms with van der Waals surface area (Å²) in [6.45, 7) is 1.52. The highest BCUT2D eigenvalue weighted by Gasteiger charge is 2.13. The van der Waals surface area contributed by atoms with E-state index >= 15 is 0 Å². The molecule has 1 N–H and O–H groups in total. The van der Waals surface area contributed by atoms with Gasteiger partial charge in [-0.2, -0.15) is 0 Å². The number of ether oxygens (including phenoxy) is 1. The maximum Gasteiger partial charge on any atom is 0.207 e. The van der Waals surface area contributed by atoms with Crippen LogP contribution in [0.5, 0.6) is 0 Å². The lowest BCUT2D eigenvalue weighted by atomic mass is 10.2. The number of rotatable bonds is 3. The Labute approximate surface area is 54.4 Å². The van der Waals surface area contributed by atoms with Crippen LogP contribution in [0.1, 0.15) is 12.8 Å². The monoisotopic (exact) mass is 129 g/mol. The molecule has 1 aliphatic heterocycles. The Hall–Kier alpha value is -0.570. The van der Waals surface area contributed by atoms with Crippen LogP contribution in [0.15, 0.2) is 0 Å². The van der Waals surface area contributed by atoms with E-state index in [9.17, 15) is 4.79 Å². The smallest absolute Gasteiger partial charge is 0.207 e. The molecule has 9 heavy (non-hydrogen) atoms. The van der Waals surface area contributed by atoms with Gasteiger partial charge < -0.3 is 10.1 Å². The molecule has 0 aromatic heterocycles. The zero-order chi connectivity index (χ0) is 6.53. The number of hydrogen-bond acceptors (Lipinski definition) is 2. The van der Waals surface area contributed by atoms with Crippen LogP contribution < -0.4 is 5.32 Å². The molecule has 1 heterocycles. The van der Waals surface area contributed by atoms with Crippen LogP contribution in [0, 0.1) is 0 Å². The highest BCUT2D eigenvalue weighted by atomic mass is 16.5. The van der Waals surface area contributed by atoms with Crippen molar-refractivity contribution in [3.63, 3.8) is 0 Å². The highest BCUT2D eigenvalue weighted by Crippen LogP contribution is 2.09. The minimum Gasteiger partial charge on any atom is -0.376 e. The Kier molecular flexibility index (Phi) is 2.51. The number of carbonyl (C=O) groups is 1. The molecule has 1 rings (SSSR count). The van der Waals surface area contributed by atoms with Crippen molar-refractivity contribution in [3.05, 3.63) is 0 Å². The molecular formula is C6H11NO2. The van der Waals surface area contributed by atoms with Crippen molar-refractivity contribution in [2.24, 2.45) is 0 Å². The molecule has 52 valence electrons. The normalized spacial score (nSPS) is 26.0. The Balaban J connectivity index is 2.04. The SMILES string of the molecule is O=CNC[C@H]1CCCO1. The minimum absolute atomic E-state index is 0.273. The van der Waals surface area contributed by atoms with E-state index in [1.807, 2.05) is 0 Å². The topological polar surface area (TPSA) is 38.3 Å². The molecule has 0 spiro atoms. The Morgan fingerprint density at radius 2 is 2.67 bits per heavy atom. The summed E-state index contributed by atoms with van der Waals surface area (Å²) in [4.78, 5) is 9.79. The van der Waals surface area contributed by atoms with Gasteiger partial charge in [-0.05, 0) is 12.8 Å². The molecular weight excluding hydrogens is 118 g/mol. The van der Waals surface area contributed by atoms with E-state index in [0.717, 1.165) is 19.4 Å². The first kappa shape index (κ1) is 6.55. The van der Waals surface area contributed by atoms with Crippen LogP contribution in [0.4, 0.5) is 0 Å². The average Bonchev–Trinajstić information content (AvgIpc) is 2.34. The molecule has 3 nitrogen and oxygen atoms in total. The quantitative estimate of drug-likeness (QED) is 0.541. The third-order valence-electron chi connectivity index (χ3n) is 1.45. The van der Waals surface area contributed by atoms with Crippen LogP contribution in [0.25, 0.3) is 0 Å². The van der Waals surface area contributed by atoms with Gasteiger partial charge in [-0.3, -0.25) is 4.79 Å². The first-order valence-corrected chi connectivity index (χ1v) is 3.22. The molecule has 0 aromatic rings. The van der Waals surface area contributed by atoms with E-state index in [-0.39, 0.29) is 6.10 Å². The number of hydrogen-bond donors (Lipinski definition) is 1. The largest absolute Gasteiger partial charge is 0.376 e. The summed E-state index contributed by atoms with van der Waals surface area (Å²) in [5, 5.41) is 2.58. The van der Waals surface area contributed by atoms with Gasteiger partial charge in [0.25, 0.3) is 0 Å². The molecule has 0 aromatic carbocycles. The first-order valence-electron chi connectivity index (χ1n) is 3.22. The highest BCUT2D eigenvalue weighted by molar-refractivity contribution is 5.45. The van der Waals surface area contributed by atoms with Crippen LogP contribution >= 0.6 is 0 Å². The predicted molar refractivity (Wildman–Crippen MR) is 33.0 cm³/mol. The number of amides is 1. The van der Waals surface area contributed by atoms with Crippen molar-refractivity contribution >= 4 is 6.41 Å². The van der Waals surface area contributed by atoms with Crippen molar-refractivity contribution in [1.82, 2.24) is 5.32 Å². The van der Waals surface area contributed by atoms with Crippen molar-refractivity contribution in [2.45, 2.75) is 18.9 Å². The molecule has 1 fully saturated rings. The zero-order valence-electron chi connectivity index (χ0n) is 5.30. The Bertz CT molecular complexity index is 89.1. The maximum atomic E-state index is 9.79. The van der Waals surface area contributed by atoms with Gasteiger partial charge in [0.1, 0.15) is 0 Å². The number of nitrogens with one attached hydrogen (secondary N) is 1. The lowest BCUT2D eigenvalue weighted by Crippen LogP contribution is -2.24.